The van der Waals surface area contributed by atoms with E-state index < -0.39 is 83.6 Å². The highest BCUT2D eigenvalue weighted by Crippen LogP contribution is 2.26. The molecule has 2 aromatic rings. The van der Waals surface area contributed by atoms with Crippen molar-refractivity contribution in [2.45, 2.75) is 96.7 Å². The number of nitrogens with zero attached hydrogens (tertiary/aromatic N) is 1. The zero-order valence-corrected chi connectivity index (χ0v) is 30.3. The molecule has 1 fully saturated rings. The van der Waals surface area contributed by atoms with Crippen molar-refractivity contribution in [3.63, 3.8) is 0 Å². The van der Waals surface area contributed by atoms with Crippen molar-refractivity contribution >= 4 is 47.0 Å². The predicted octanol–water partition coefficient (Wildman–Crippen LogP) is 1.11. The van der Waals surface area contributed by atoms with Gasteiger partial charge in [0.2, 0.25) is 29.4 Å². The van der Waals surface area contributed by atoms with Crippen molar-refractivity contribution < 1.29 is 43.1 Å². The quantitative estimate of drug-likeness (QED) is 0.124. The topological polar surface area (TPSA) is 223 Å². The van der Waals surface area contributed by atoms with Gasteiger partial charge in [0.25, 0.3) is 11.8 Å². The number of ketones is 2. The second-order valence-corrected chi connectivity index (χ2v) is 13.6. The van der Waals surface area contributed by atoms with E-state index >= 15 is 0 Å². The Balaban J connectivity index is 1.71. The van der Waals surface area contributed by atoms with E-state index in [1.807, 2.05) is 20.8 Å². The number of likely N-dealkylation sites (tertiary alicyclic amines) is 1. The average Bonchev–Trinajstić information content (AvgIpc) is 3.51. The van der Waals surface area contributed by atoms with Gasteiger partial charge in [-0.3, -0.25) is 38.4 Å². The number of nitrogens with two attached hydrogens (primary N) is 1. The molecule has 15 nitrogen and oxygen atoms in total. The second-order valence-electron chi connectivity index (χ2n) is 13.6. The van der Waals surface area contributed by atoms with Crippen LogP contribution >= 0.6 is 0 Å². The summed E-state index contributed by atoms with van der Waals surface area (Å²) in [5.41, 5.74) is 5.54. The summed E-state index contributed by atoms with van der Waals surface area (Å²) >= 11 is 0. The van der Waals surface area contributed by atoms with Gasteiger partial charge in [-0.15, -0.1) is 0 Å². The Kier molecular flexibility index (Phi) is 14.3. The Labute approximate surface area is 302 Å². The number of hydrogen-bond acceptors (Lipinski definition) is 9. The summed E-state index contributed by atoms with van der Waals surface area (Å²) in [4.78, 5) is 105. The molecule has 1 heterocycles. The van der Waals surface area contributed by atoms with Gasteiger partial charge in [-0.25, -0.2) is 0 Å². The third kappa shape index (κ3) is 11.3. The van der Waals surface area contributed by atoms with Gasteiger partial charge in [-0.05, 0) is 52.7 Å². The molecule has 5 atom stereocenters. The lowest BCUT2D eigenvalue weighted by Gasteiger charge is -2.28. The molecule has 1 unspecified atom stereocenters. The van der Waals surface area contributed by atoms with Gasteiger partial charge in [0.1, 0.15) is 18.1 Å². The van der Waals surface area contributed by atoms with E-state index in [2.05, 4.69) is 21.3 Å². The Morgan fingerprint density at radius 3 is 2.10 bits per heavy atom. The molecule has 0 aromatic heterocycles. The van der Waals surface area contributed by atoms with E-state index in [9.17, 15) is 38.4 Å². The van der Waals surface area contributed by atoms with E-state index in [4.69, 9.17) is 10.5 Å². The first kappa shape index (κ1) is 41.0. The molecule has 0 spiro atoms. The third-order valence-corrected chi connectivity index (χ3v) is 8.20. The number of primary amides is 1. The molecule has 15 heteroatoms. The molecule has 0 bridgehead atoms. The van der Waals surface area contributed by atoms with Crippen LogP contribution in [0.15, 0.2) is 54.6 Å². The minimum Gasteiger partial charge on any atom is -0.371 e. The summed E-state index contributed by atoms with van der Waals surface area (Å²) in [5, 5.41) is 9.87. The summed E-state index contributed by atoms with van der Waals surface area (Å²) in [6, 6.07) is 9.75. The molecule has 1 aliphatic heterocycles. The summed E-state index contributed by atoms with van der Waals surface area (Å²) in [6.45, 7) is 9.37. The third-order valence-electron chi connectivity index (χ3n) is 8.20. The van der Waals surface area contributed by atoms with Gasteiger partial charge in [0.05, 0.1) is 29.9 Å². The van der Waals surface area contributed by atoms with E-state index in [1.165, 1.54) is 30.9 Å². The minimum atomic E-state index is -1.29. The van der Waals surface area contributed by atoms with Gasteiger partial charge in [0, 0.05) is 18.5 Å². The first-order valence-electron chi connectivity index (χ1n) is 17.1. The van der Waals surface area contributed by atoms with Gasteiger partial charge in [0.15, 0.2) is 5.78 Å². The van der Waals surface area contributed by atoms with Crippen LogP contribution in [0.25, 0.3) is 0 Å². The zero-order chi connectivity index (χ0) is 38.7. The van der Waals surface area contributed by atoms with E-state index in [0.717, 1.165) is 0 Å². The van der Waals surface area contributed by atoms with Gasteiger partial charge >= 0.3 is 0 Å². The molecule has 1 saturated heterocycles. The Morgan fingerprint density at radius 2 is 1.52 bits per heavy atom. The number of carbonyl (C=O) groups is 8. The number of amides is 6. The van der Waals surface area contributed by atoms with E-state index in [1.54, 1.807) is 49.4 Å². The van der Waals surface area contributed by atoms with E-state index in [0.29, 0.717) is 12.0 Å². The van der Waals surface area contributed by atoms with Gasteiger partial charge in [-0.2, -0.15) is 0 Å². The molecule has 280 valence electrons. The van der Waals surface area contributed by atoms with Crippen LogP contribution in [0, 0.1) is 0 Å². The molecule has 3 rings (SSSR count). The largest absolute Gasteiger partial charge is 0.371 e. The van der Waals surface area contributed by atoms with Crippen LogP contribution in [-0.4, -0.2) is 94.8 Å². The maximum Gasteiger partial charge on any atom is 0.290 e. The van der Waals surface area contributed by atoms with Gasteiger partial charge < -0.3 is 36.6 Å². The number of nitrogens with one attached hydrogen (secondary N) is 4. The van der Waals surface area contributed by atoms with Crippen LogP contribution in [0.1, 0.15) is 93.1 Å². The maximum absolute atomic E-state index is 13.8. The molecular formula is C37H48N6O9. The highest BCUT2D eigenvalue weighted by molar-refractivity contribution is 6.38. The monoisotopic (exact) mass is 720 g/mol. The van der Waals surface area contributed by atoms with E-state index in [-0.39, 0.29) is 36.3 Å². The zero-order valence-electron chi connectivity index (χ0n) is 30.3. The molecular weight excluding hydrogens is 672 g/mol. The SMILES string of the molecule is CCCC(NC(=O)[C@@H]1C[C@@H](OC(C)(C)C)CN1C(=O)[C@H](C)NC(=O)c1ccccc1C(C)=O)C(=O)C(=O)NCC(=O)N[C@H](C(N)=O)c1ccccc1. The average molecular weight is 721 g/mol. The van der Waals surface area contributed by atoms with Gasteiger partial charge in [-0.1, -0.05) is 61.9 Å². The highest BCUT2D eigenvalue weighted by atomic mass is 16.5. The summed E-state index contributed by atoms with van der Waals surface area (Å²) in [6.07, 6.45) is -0.0180. The predicted molar refractivity (Wildman–Crippen MR) is 189 cm³/mol. The Morgan fingerprint density at radius 1 is 0.904 bits per heavy atom. The van der Waals surface area contributed by atoms with Crippen LogP contribution in [-0.2, 0) is 33.5 Å². The number of carbonyl (C=O) groups excluding carboxylic acids is 8. The van der Waals surface area contributed by atoms with Crippen LogP contribution in [0.3, 0.4) is 0 Å². The fraction of sp³-hybridized carbons (Fsp3) is 0.459. The molecule has 0 radical (unpaired) electrons. The van der Waals surface area contributed by atoms with Crippen molar-refractivity contribution in [3.8, 4) is 0 Å². The number of Topliss-reactive ketones (excluding diaryl/α,β-unsaturated/α-hetero) is 2. The van der Waals surface area contributed by atoms with Crippen molar-refractivity contribution in [1.82, 2.24) is 26.2 Å². The lowest BCUT2D eigenvalue weighted by molar-refractivity contribution is -0.143. The lowest BCUT2D eigenvalue weighted by atomic mass is 10.0. The molecule has 0 saturated carbocycles. The highest BCUT2D eigenvalue weighted by Gasteiger charge is 2.44. The van der Waals surface area contributed by atoms with Crippen molar-refractivity contribution in [3.05, 3.63) is 71.3 Å². The molecule has 1 aliphatic rings. The van der Waals surface area contributed by atoms with Crippen LogP contribution in [0.5, 0.6) is 0 Å². The van der Waals surface area contributed by atoms with Crippen LogP contribution < -0.4 is 27.0 Å². The van der Waals surface area contributed by atoms with Crippen molar-refractivity contribution in [2.75, 3.05) is 13.1 Å². The molecule has 0 aliphatic carbocycles. The standard InChI is InChI=1S/C37H48N6O9/c1-7-13-27(31(46)35(50)39-19-29(45)42-30(32(38)47)23-14-9-8-10-15-23)41-34(49)28-18-24(52-37(4,5)6)20-43(28)36(51)21(2)40-33(48)26-17-12-11-16-25(26)22(3)44/h8-12,14-17,21,24,27-28,30H,7,13,18-20H2,1-6H3,(H2,38,47)(H,39,50)(H,40,48)(H,41,49)(H,42,45)/t21-,24+,27?,28-,30-/m0/s1. The number of hydrogen-bond donors (Lipinski definition) is 5. The first-order chi connectivity index (χ1) is 24.4. The minimum absolute atomic E-state index is 0.00962. The Bertz CT molecular complexity index is 1670. The molecule has 6 amide bonds. The number of rotatable bonds is 16. The summed E-state index contributed by atoms with van der Waals surface area (Å²) < 4.78 is 6.10. The Hall–Kier alpha value is -5.44. The smallest absolute Gasteiger partial charge is 0.290 e. The number of benzene rings is 2. The lowest BCUT2D eigenvalue weighted by Crippen LogP contribution is -2.56. The summed E-state index contributed by atoms with van der Waals surface area (Å²) in [5.74, 6) is -6.03. The summed E-state index contributed by atoms with van der Waals surface area (Å²) in [7, 11) is 0. The van der Waals surface area contributed by atoms with Crippen LogP contribution in [0.2, 0.25) is 0 Å². The van der Waals surface area contributed by atoms with Crippen molar-refractivity contribution in [1.29, 1.82) is 0 Å². The number of ether oxygens (including phenoxy) is 1. The first-order valence-corrected chi connectivity index (χ1v) is 17.1. The fourth-order valence-corrected chi connectivity index (χ4v) is 5.86. The maximum atomic E-state index is 13.8. The van der Waals surface area contributed by atoms with Crippen LogP contribution in [0.4, 0.5) is 0 Å². The molecule has 52 heavy (non-hydrogen) atoms. The van der Waals surface area contributed by atoms with Crippen molar-refractivity contribution in [2.24, 2.45) is 5.73 Å². The normalized spacial score (nSPS) is 17.2. The fourth-order valence-electron chi connectivity index (χ4n) is 5.86. The molecule has 6 N–H and O–H groups in total. The second kappa shape index (κ2) is 18.2. The molecule has 2 aromatic carbocycles.